The van der Waals surface area contributed by atoms with Crippen LogP contribution >= 0.6 is 0 Å². The van der Waals surface area contributed by atoms with Crippen LogP contribution in [0.5, 0.6) is 0 Å². The second-order valence-electron chi connectivity index (χ2n) is 1.38. The molecule has 1 rings (SSSR count). The molecule has 40 valence electrons. The fourth-order valence-electron chi connectivity index (χ4n) is 0.559. The predicted octanol–water partition coefficient (Wildman–Crippen LogP) is 1.15. The first kappa shape index (κ1) is 6.65. The van der Waals surface area contributed by atoms with E-state index in [1.807, 2.05) is 0 Å². The molecule has 0 aromatic heterocycles. The molecule has 1 nitrogen and oxygen atoms in total. The maximum Gasteiger partial charge on any atom is 0 e. The maximum absolute atomic E-state index is 4.08. The molecular formula is C4H8NPt-. The van der Waals surface area contributed by atoms with Gasteiger partial charge in [-0.1, -0.05) is 12.8 Å². The molecule has 0 aliphatic carbocycles. The zero-order valence-corrected chi connectivity index (χ0v) is 5.86. The fourth-order valence-corrected chi connectivity index (χ4v) is 0.559. The normalized spacial score (nSPS) is 20.0. The topological polar surface area (TPSA) is 14.1 Å². The molecule has 0 N–H and O–H groups in total. The van der Waals surface area contributed by atoms with E-state index in [4.69, 9.17) is 0 Å². The zero-order valence-electron chi connectivity index (χ0n) is 3.59. The van der Waals surface area contributed by atoms with Gasteiger partial charge in [-0.05, 0) is 0 Å². The van der Waals surface area contributed by atoms with Crippen molar-refractivity contribution in [2.24, 2.45) is 0 Å². The summed E-state index contributed by atoms with van der Waals surface area (Å²) in [6.45, 7) is 2.25. The van der Waals surface area contributed by atoms with Crippen LogP contribution < -0.4 is 0 Å². The molecule has 0 saturated carbocycles. The van der Waals surface area contributed by atoms with Crippen LogP contribution in [0, 0.1) is 0 Å². The van der Waals surface area contributed by atoms with Crippen molar-refractivity contribution in [3.63, 3.8) is 0 Å². The predicted molar refractivity (Wildman–Crippen MR) is 22.3 cm³/mol. The van der Waals surface area contributed by atoms with Crippen LogP contribution in [0.1, 0.15) is 12.8 Å². The van der Waals surface area contributed by atoms with Crippen molar-refractivity contribution in [1.29, 1.82) is 0 Å². The van der Waals surface area contributed by atoms with Crippen LogP contribution in [-0.4, -0.2) is 13.1 Å². The van der Waals surface area contributed by atoms with Gasteiger partial charge in [0.15, 0.2) is 0 Å². The van der Waals surface area contributed by atoms with E-state index in [1.54, 1.807) is 0 Å². The minimum atomic E-state index is 0. The Labute approximate surface area is 52.8 Å². The van der Waals surface area contributed by atoms with Crippen molar-refractivity contribution in [1.82, 2.24) is 0 Å². The molecule has 0 atom stereocenters. The van der Waals surface area contributed by atoms with Crippen molar-refractivity contribution in [3.05, 3.63) is 5.32 Å². The van der Waals surface area contributed by atoms with Crippen LogP contribution in [-0.2, 0) is 21.1 Å². The molecule has 2 heteroatoms. The Hall–Kier alpha value is 0.648. The molecule has 1 aliphatic heterocycles. The van der Waals surface area contributed by atoms with Gasteiger partial charge in [0.1, 0.15) is 0 Å². The van der Waals surface area contributed by atoms with Gasteiger partial charge in [0.2, 0.25) is 0 Å². The molecule has 0 spiro atoms. The zero-order chi connectivity index (χ0) is 3.54. The summed E-state index contributed by atoms with van der Waals surface area (Å²) in [5.41, 5.74) is 0. The first-order chi connectivity index (χ1) is 2.50. The van der Waals surface area contributed by atoms with Gasteiger partial charge >= 0.3 is 0 Å². The van der Waals surface area contributed by atoms with Gasteiger partial charge in [0.25, 0.3) is 0 Å². The summed E-state index contributed by atoms with van der Waals surface area (Å²) >= 11 is 0. The van der Waals surface area contributed by atoms with Gasteiger partial charge in [0, 0.05) is 21.1 Å². The second-order valence-corrected chi connectivity index (χ2v) is 1.38. The van der Waals surface area contributed by atoms with Crippen LogP contribution in [0.25, 0.3) is 5.32 Å². The third kappa shape index (κ3) is 1.94. The Bertz CT molecular complexity index is 19.1. The Balaban J connectivity index is 0.000000250. The molecule has 1 saturated heterocycles. The van der Waals surface area contributed by atoms with Crippen LogP contribution in [0.4, 0.5) is 0 Å². The molecule has 1 heterocycles. The van der Waals surface area contributed by atoms with E-state index in [-0.39, 0.29) is 21.1 Å². The van der Waals surface area contributed by atoms with Crippen molar-refractivity contribution in [3.8, 4) is 0 Å². The number of hydrogen-bond donors (Lipinski definition) is 0. The van der Waals surface area contributed by atoms with E-state index < -0.39 is 0 Å². The fraction of sp³-hybridized carbons (Fsp3) is 1.00. The minimum absolute atomic E-state index is 0. The molecule has 0 aromatic carbocycles. The van der Waals surface area contributed by atoms with E-state index >= 15 is 0 Å². The summed E-state index contributed by atoms with van der Waals surface area (Å²) in [4.78, 5) is 0. The molecule has 1 aliphatic rings. The van der Waals surface area contributed by atoms with Gasteiger partial charge < -0.3 is 5.32 Å². The smallest absolute Gasteiger partial charge is 0 e. The largest absolute Gasteiger partial charge is 0.662 e. The van der Waals surface area contributed by atoms with Gasteiger partial charge in [-0.2, -0.15) is 0 Å². The molecule has 0 amide bonds. The number of rotatable bonds is 0. The number of nitrogens with zero attached hydrogens (tertiary/aromatic N) is 1. The molecule has 0 unspecified atom stereocenters. The summed E-state index contributed by atoms with van der Waals surface area (Å²) in [7, 11) is 0. The van der Waals surface area contributed by atoms with E-state index in [9.17, 15) is 0 Å². The van der Waals surface area contributed by atoms with Crippen molar-refractivity contribution < 1.29 is 21.1 Å². The third-order valence-electron chi connectivity index (χ3n) is 0.882. The standard InChI is InChI=1S/C4H8N.Pt/c1-2-4-5-3-1;/h1-4H2;/q-1;. The first-order valence-electron chi connectivity index (χ1n) is 2.13. The summed E-state index contributed by atoms with van der Waals surface area (Å²) in [5, 5.41) is 4.08. The monoisotopic (exact) mass is 265 g/mol. The Morgan fingerprint density at radius 3 is 1.67 bits per heavy atom. The Morgan fingerprint density at radius 2 is 1.50 bits per heavy atom. The van der Waals surface area contributed by atoms with E-state index in [2.05, 4.69) is 5.32 Å². The second kappa shape index (κ2) is 3.83. The molecule has 0 bridgehead atoms. The quantitative estimate of drug-likeness (QED) is 0.624. The Kier molecular flexibility index (Phi) is 4.24. The van der Waals surface area contributed by atoms with Crippen LogP contribution in [0.2, 0.25) is 0 Å². The van der Waals surface area contributed by atoms with E-state index in [0.717, 1.165) is 13.1 Å². The summed E-state index contributed by atoms with van der Waals surface area (Å²) in [6.07, 6.45) is 2.67. The van der Waals surface area contributed by atoms with Gasteiger partial charge in [-0.25, -0.2) is 0 Å². The van der Waals surface area contributed by atoms with Crippen molar-refractivity contribution in [2.45, 2.75) is 12.8 Å². The Morgan fingerprint density at radius 1 is 1.00 bits per heavy atom. The molecular weight excluding hydrogens is 257 g/mol. The average Bonchev–Trinajstić information content (AvgIpc) is 1.76. The third-order valence-corrected chi connectivity index (χ3v) is 0.882. The summed E-state index contributed by atoms with van der Waals surface area (Å²) in [5.74, 6) is 0. The molecule has 0 radical (unpaired) electrons. The van der Waals surface area contributed by atoms with Crippen molar-refractivity contribution >= 4 is 0 Å². The maximum atomic E-state index is 4.08. The summed E-state index contributed by atoms with van der Waals surface area (Å²) < 4.78 is 0. The molecule has 1 fully saturated rings. The molecule has 6 heavy (non-hydrogen) atoms. The number of hydrogen-bond acceptors (Lipinski definition) is 0. The van der Waals surface area contributed by atoms with E-state index in [1.165, 1.54) is 12.8 Å². The van der Waals surface area contributed by atoms with Crippen LogP contribution in [0.3, 0.4) is 0 Å². The van der Waals surface area contributed by atoms with E-state index in [0.29, 0.717) is 0 Å². The first-order valence-corrected chi connectivity index (χ1v) is 2.13. The molecule has 0 aromatic rings. The summed E-state index contributed by atoms with van der Waals surface area (Å²) in [6, 6.07) is 0. The SMILES string of the molecule is C1CC[N-]C1.[Pt]. The van der Waals surface area contributed by atoms with Gasteiger partial charge in [-0.15, -0.1) is 13.1 Å². The van der Waals surface area contributed by atoms with Crippen LogP contribution in [0.15, 0.2) is 0 Å². The van der Waals surface area contributed by atoms with Crippen molar-refractivity contribution in [2.75, 3.05) is 13.1 Å². The average molecular weight is 265 g/mol. The van der Waals surface area contributed by atoms with Gasteiger partial charge in [0.05, 0.1) is 0 Å². The minimum Gasteiger partial charge on any atom is -0.662 e. The van der Waals surface area contributed by atoms with Gasteiger partial charge in [-0.3, -0.25) is 0 Å².